The van der Waals surface area contributed by atoms with Crippen LogP contribution >= 0.6 is 0 Å². The highest BCUT2D eigenvalue weighted by atomic mass is 16.5. The number of hydrogen-bond acceptors (Lipinski definition) is 4. The van der Waals surface area contributed by atoms with Gasteiger partial charge in [0.1, 0.15) is 6.61 Å². The van der Waals surface area contributed by atoms with E-state index >= 15 is 0 Å². The van der Waals surface area contributed by atoms with Crippen molar-refractivity contribution in [1.82, 2.24) is 5.32 Å². The maximum atomic E-state index is 12.8. The van der Waals surface area contributed by atoms with Crippen molar-refractivity contribution in [2.24, 2.45) is 0 Å². The number of ether oxygens (including phenoxy) is 1. The summed E-state index contributed by atoms with van der Waals surface area (Å²) < 4.78 is 5.58. The number of carbonyl (C=O) groups is 2. The Labute approximate surface area is 196 Å². The van der Waals surface area contributed by atoms with Crippen LogP contribution in [0.5, 0.6) is 0 Å². The molecule has 170 valence electrons. The van der Waals surface area contributed by atoms with Crippen molar-refractivity contribution in [2.45, 2.75) is 18.1 Å². The second kappa shape index (κ2) is 9.00. The van der Waals surface area contributed by atoms with E-state index in [1.165, 1.54) is 0 Å². The standard InChI is InChI=1S/C28H23NO5/c30-26(27(31)32)25(23-15-7-9-17-8-1-2-10-18(17)23)29-28(33)34-16-24-21-13-5-3-11-19(21)20-12-4-6-14-22(20)24/h1-15,24-26,30H,16H2,(H,29,33)(H,31,32)/t25-,26-/m1/s1. The minimum absolute atomic E-state index is 0.0886. The Morgan fingerprint density at radius 2 is 1.41 bits per heavy atom. The van der Waals surface area contributed by atoms with Crippen molar-refractivity contribution >= 4 is 22.8 Å². The molecule has 0 saturated heterocycles. The van der Waals surface area contributed by atoms with Crippen LogP contribution in [0.15, 0.2) is 91.0 Å². The third-order valence-corrected chi connectivity index (χ3v) is 6.34. The number of carboxylic acid groups (broad SMARTS) is 1. The van der Waals surface area contributed by atoms with Gasteiger partial charge in [0, 0.05) is 5.92 Å². The van der Waals surface area contributed by atoms with Crippen molar-refractivity contribution in [3.05, 3.63) is 108 Å². The maximum absolute atomic E-state index is 12.8. The topological polar surface area (TPSA) is 95.9 Å². The van der Waals surface area contributed by atoms with Crippen LogP contribution in [-0.2, 0) is 9.53 Å². The Kier molecular flexibility index (Phi) is 5.74. The molecule has 2 atom stereocenters. The molecule has 0 radical (unpaired) electrons. The van der Waals surface area contributed by atoms with Gasteiger partial charge in [-0.1, -0.05) is 91.0 Å². The number of fused-ring (bicyclic) bond motifs is 4. The SMILES string of the molecule is O=C(N[C@H](c1cccc2ccccc12)[C@@H](O)C(=O)O)OCC1c2ccccc2-c2ccccc21. The minimum atomic E-state index is -1.84. The lowest BCUT2D eigenvalue weighted by Gasteiger charge is -2.23. The largest absolute Gasteiger partial charge is 0.479 e. The maximum Gasteiger partial charge on any atom is 0.407 e. The van der Waals surface area contributed by atoms with Crippen molar-refractivity contribution in [2.75, 3.05) is 6.61 Å². The third kappa shape index (κ3) is 3.89. The Balaban J connectivity index is 1.39. The molecule has 0 aliphatic heterocycles. The molecule has 6 nitrogen and oxygen atoms in total. The third-order valence-electron chi connectivity index (χ3n) is 6.34. The summed E-state index contributed by atoms with van der Waals surface area (Å²) in [6.45, 7) is 0.0886. The number of benzene rings is 4. The summed E-state index contributed by atoms with van der Waals surface area (Å²) in [5.41, 5.74) is 4.88. The molecule has 1 amide bonds. The summed E-state index contributed by atoms with van der Waals surface area (Å²) in [5, 5.41) is 24.1. The summed E-state index contributed by atoms with van der Waals surface area (Å²) in [6, 6.07) is 27.6. The van der Waals surface area contributed by atoms with Crippen molar-refractivity contribution in [3.63, 3.8) is 0 Å². The normalized spacial score (nSPS) is 14.1. The van der Waals surface area contributed by atoms with Crippen molar-refractivity contribution in [1.29, 1.82) is 0 Å². The number of aliphatic carboxylic acids is 1. The highest BCUT2D eigenvalue weighted by Gasteiger charge is 2.32. The molecule has 0 unspecified atom stereocenters. The van der Waals surface area contributed by atoms with Crippen molar-refractivity contribution < 1.29 is 24.5 Å². The van der Waals surface area contributed by atoms with Gasteiger partial charge < -0.3 is 20.3 Å². The molecule has 0 heterocycles. The first-order chi connectivity index (χ1) is 16.5. The lowest BCUT2D eigenvalue weighted by Crippen LogP contribution is -2.41. The van der Waals surface area contributed by atoms with Gasteiger partial charge in [-0.2, -0.15) is 0 Å². The Bertz CT molecular complexity index is 1330. The number of aliphatic hydroxyl groups excluding tert-OH is 1. The summed E-state index contributed by atoms with van der Waals surface area (Å²) in [5.74, 6) is -1.56. The second-order valence-electron chi connectivity index (χ2n) is 8.30. The number of carbonyl (C=O) groups excluding carboxylic acids is 1. The molecule has 0 saturated carbocycles. The van der Waals surface area contributed by atoms with E-state index < -0.39 is 24.2 Å². The van der Waals surface area contributed by atoms with Gasteiger partial charge in [-0.3, -0.25) is 0 Å². The fourth-order valence-corrected chi connectivity index (χ4v) is 4.76. The quantitative estimate of drug-likeness (QED) is 0.387. The second-order valence-corrected chi connectivity index (χ2v) is 8.30. The van der Waals surface area contributed by atoms with Crippen LogP contribution in [0.3, 0.4) is 0 Å². The molecule has 4 aromatic carbocycles. The highest BCUT2D eigenvalue weighted by molar-refractivity contribution is 5.88. The lowest BCUT2D eigenvalue weighted by molar-refractivity contribution is -0.148. The van der Waals surface area contributed by atoms with Crippen LogP contribution in [0.1, 0.15) is 28.7 Å². The predicted molar refractivity (Wildman–Crippen MR) is 129 cm³/mol. The van der Waals surface area contributed by atoms with Crippen LogP contribution in [0.25, 0.3) is 21.9 Å². The number of rotatable bonds is 6. The van der Waals surface area contributed by atoms with E-state index in [0.29, 0.717) is 5.56 Å². The summed E-state index contributed by atoms with van der Waals surface area (Å²) in [4.78, 5) is 24.5. The fourth-order valence-electron chi connectivity index (χ4n) is 4.76. The molecular formula is C28H23NO5. The van der Waals surface area contributed by atoms with Gasteiger partial charge in [0.2, 0.25) is 0 Å². The number of aliphatic hydroxyl groups is 1. The van der Waals surface area contributed by atoms with E-state index in [4.69, 9.17) is 4.74 Å². The predicted octanol–water partition coefficient (Wildman–Crippen LogP) is 4.87. The van der Waals surface area contributed by atoms with E-state index in [1.54, 1.807) is 12.1 Å². The lowest BCUT2D eigenvalue weighted by atomic mass is 9.95. The highest BCUT2D eigenvalue weighted by Crippen LogP contribution is 2.44. The molecule has 1 aliphatic rings. The molecule has 0 bridgehead atoms. The fraction of sp³-hybridized carbons (Fsp3) is 0.143. The molecule has 1 aliphatic carbocycles. The van der Waals surface area contributed by atoms with Crippen molar-refractivity contribution in [3.8, 4) is 11.1 Å². The van der Waals surface area contributed by atoms with E-state index in [-0.39, 0.29) is 12.5 Å². The van der Waals surface area contributed by atoms with Gasteiger partial charge in [0.05, 0.1) is 6.04 Å². The zero-order chi connectivity index (χ0) is 23.7. The molecule has 0 spiro atoms. The van der Waals surface area contributed by atoms with E-state index in [0.717, 1.165) is 33.0 Å². The molecule has 3 N–H and O–H groups in total. The van der Waals surface area contributed by atoms with Crippen LogP contribution < -0.4 is 5.32 Å². The average molecular weight is 453 g/mol. The number of alkyl carbamates (subject to hydrolysis) is 1. The van der Waals surface area contributed by atoms with Gasteiger partial charge >= 0.3 is 12.1 Å². The molecule has 4 aromatic rings. The summed E-state index contributed by atoms with van der Waals surface area (Å²) >= 11 is 0. The molecule has 0 fully saturated rings. The van der Waals surface area contributed by atoms with Crippen LogP contribution in [0, 0.1) is 0 Å². The summed E-state index contributed by atoms with van der Waals surface area (Å²) in [7, 11) is 0. The van der Waals surface area contributed by atoms with Gasteiger partial charge in [-0.05, 0) is 38.6 Å². The number of amides is 1. The molecule has 0 aromatic heterocycles. The smallest absolute Gasteiger partial charge is 0.407 e. The van der Waals surface area contributed by atoms with Crippen LogP contribution in [0.4, 0.5) is 4.79 Å². The van der Waals surface area contributed by atoms with Crippen LogP contribution in [0.2, 0.25) is 0 Å². The number of carboxylic acids is 1. The van der Waals surface area contributed by atoms with Gasteiger partial charge in [-0.25, -0.2) is 9.59 Å². The molecular weight excluding hydrogens is 430 g/mol. The van der Waals surface area contributed by atoms with Gasteiger partial charge in [0.15, 0.2) is 6.10 Å². The number of nitrogens with one attached hydrogen (secondary N) is 1. The minimum Gasteiger partial charge on any atom is -0.479 e. The first-order valence-electron chi connectivity index (χ1n) is 11.0. The Morgan fingerprint density at radius 1 is 0.824 bits per heavy atom. The summed E-state index contributed by atoms with van der Waals surface area (Å²) in [6.07, 6.45) is -2.63. The van der Waals surface area contributed by atoms with Crippen LogP contribution in [-0.4, -0.2) is 35.0 Å². The van der Waals surface area contributed by atoms with E-state index in [9.17, 15) is 19.8 Å². The zero-order valence-electron chi connectivity index (χ0n) is 18.2. The Hall–Kier alpha value is -4.16. The van der Waals surface area contributed by atoms with E-state index in [2.05, 4.69) is 5.32 Å². The van der Waals surface area contributed by atoms with E-state index in [1.807, 2.05) is 78.9 Å². The first-order valence-corrected chi connectivity index (χ1v) is 11.0. The molecule has 6 heteroatoms. The first kappa shape index (κ1) is 21.7. The molecule has 5 rings (SSSR count). The van der Waals surface area contributed by atoms with Gasteiger partial charge in [0.25, 0.3) is 0 Å². The monoisotopic (exact) mass is 453 g/mol. The zero-order valence-corrected chi connectivity index (χ0v) is 18.2. The molecule has 34 heavy (non-hydrogen) atoms. The number of hydrogen-bond donors (Lipinski definition) is 3. The Morgan fingerprint density at radius 3 is 2.09 bits per heavy atom. The van der Waals surface area contributed by atoms with Gasteiger partial charge in [-0.15, -0.1) is 0 Å². The average Bonchev–Trinajstić information content (AvgIpc) is 3.19.